The standard InChI is InChI=1S/C14H20N2O2/c1-10-4-3-5-12(6-10)14(18)16-8-13(15)7-11(2)9-17/h3-6,9,11,13H,7-8,15H2,1-2H3,(H,16,18). The first-order chi connectivity index (χ1) is 8.52. The lowest BCUT2D eigenvalue weighted by Crippen LogP contribution is -2.38. The Morgan fingerprint density at radius 3 is 2.83 bits per heavy atom. The van der Waals surface area contributed by atoms with E-state index >= 15 is 0 Å². The first-order valence-corrected chi connectivity index (χ1v) is 6.08. The van der Waals surface area contributed by atoms with Crippen LogP contribution in [0.1, 0.15) is 29.3 Å². The highest BCUT2D eigenvalue weighted by molar-refractivity contribution is 5.94. The van der Waals surface area contributed by atoms with Crippen molar-refractivity contribution < 1.29 is 9.59 Å². The van der Waals surface area contributed by atoms with E-state index in [9.17, 15) is 9.59 Å². The highest BCUT2D eigenvalue weighted by Crippen LogP contribution is 2.04. The van der Waals surface area contributed by atoms with Crippen LogP contribution in [0.4, 0.5) is 0 Å². The summed E-state index contributed by atoms with van der Waals surface area (Å²) >= 11 is 0. The Morgan fingerprint density at radius 2 is 2.22 bits per heavy atom. The van der Waals surface area contributed by atoms with E-state index in [1.54, 1.807) is 6.07 Å². The van der Waals surface area contributed by atoms with Crippen LogP contribution in [0, 0.1) is 12.8 Å². The van der Waals surface area contributed by atoms with Crippen LogP contribution in [0.2, 0.25) is 0 Å². The number of carbonyl (C=O) groups is 2. The Bertz CT molecular complexity index is 418. The van der Waals surface area contributed by atoms with E-state index in [2.05, 4.69) is 5.32 Å². The van der Waals surface area contributed by atoms with Gasteiger partial charge in [0.2, 0.25) is 0 Å². The van der Waals surface area contributed by atoms with Crippen LogP contribution in [0.5, 0.6) is 0 Å². The maximum absolute atomic E-state index is 11.8. The Balaban J connectivity index is 2.44. The lowest BCUT2D eigenvalue weighted by atomic mass is 10.0. The summed E-state index contributed by atoms with van der Waals surface area (Å²) in [5.41, 5.74) is 7.51. The van der Waals surface area contributed by atoms with Gasteiger partial charge in [0, 0.05) is 24.1 Å². The average molecular weight is 248 g/mol. The Morgan fingerprint density at radius 1 is 1.50 bits per heavy atom. The zero-order valence-electron chi connectivity index (χ0n) is 10.8. The van der Waals surface area contributed by atoms with Gasteiger partial charge in [-0.3, -0.25) is 4.79 Å². The van der Waals surface area contributed by atoms with Crippen molar-refractivity contribution in [3.63, 3.8) is 0 Å². The molecule has 0 saturated carbocycles. The van der Waals surface area contributed by atoms with Gasteiger partial charge in [0.05, 0.1) is 0 Å². The van der Waals surface area contributed by atoms with Crippen molar-refractivity contribution in [3.8, 4) is 0 Å². The molecule has 0 saturated heterocycles. The molecule has 98 valence electrons. The fourth-order valence-electron chi connectivity index (χ4n) is 1.73. The average Bonchev–Trinajstić information content (AvgIpc) is 2.35. The van der Waals surface area contributed by atoms with Gasteiger partial charge in [0.15, 0.2) is 0 Å². The van der Waals surface area contributed by atoms with Crippen molar-refractivity contribution >= 4 is 12.2 Å². The van der Waals surface area contributed by atoms with E-state index in [0.717, 1.165) is 11.8 Å². The van der Waals surface area contributed by atoms with Crippen molar-refractivity contribution in [2.75, 3.05) is 6.54 Å². The summed E-state index contributed by atoms with van der Waals surface area (Å²) < 4.78 is 0. The minimum absolute atomic E-state index is 0.0733. The number of nitrogens with one attached hydrogen (secondary N) is 1. The molecule has 0 spiro atoms. The van der Waals surface area contributed by atoms with Gasteiger partial charge in [-0.2, -0.15) is 0 Å². The molecule has 1 aromatic carbocycles. The number of rotatable bonds is 6. The number of carbonyl (C=O) groups excluding carboxylic acids is 2. The molecule has 0 aliphatic heterocycles. The number of hydrogen-bond acceptors (Lipinski definition) is 3. The topological polar surface area (TPSA) is 72.2 Å². The third kappa shape index (κ3) is 4.67. The molecular weight excluding hydrogens is 228 g/mol. The molecule has 0 heterocycles. The largest absolute Gasteiger partial charge is 0.350 e. The first-order valence-electron chi connectivity index (χ1n) is 6.08. The molecule has 1 amide bonds. The lowest BCUT2D eigenvalue weighted by Gasteiger charge is -2.14. The second-order valence-corrected chi connectivity index (χ2v) is 4.69. The summed E-state index contributed by atoms with van der Waals surface area (Å²) in [4.78, 5) is 22.3. The van der Waals surface area contributed by atoms with E-state index in [0.29, 0.717) is 18.5 Å². The van der Waals surface area contributed by atoms with Gasteiger partial charge in [-0.25, -0.2) is 0 Å². The third-order valence-corrected chi connectivity index (χ3v) is 2.71. The molecule has 4 nitrogen and oxygen atoms in total. The van der Waals surface area contributed by atoms with Gasteiger partial charge in [-0.1, -0.05) is 24.6 Å². The third-order valence-electron chi connectivity index (χ3n) is 2.71. The second kappa shape index (κ2) is 6.91. The molecule has 0 aliphatic carbocycles. The zero-order valence-corrected chi connectivity index (χ0v) is 10.8. The zero-order chi connectivity index (χ0) is 13.5. The molecule has 2 unspecified atom stereocenters. The van der Waals surface area contributed by atoms with Crippen LogP contribution in [0.3, 0.4) is 0 Å². The molecule has 18 heavy (non-hydrogen) atoms. The van der Waals surface area contributed by atoms with E-state index in [1.807, 2.05) is 32.0 Å². The highest BCUT2D eigenvalue weighted by Gasteiger charge is 2.10. The van der Waals surface area contributed by atoms with E-state index < -0.39 is 0 Å². The quantitative estimate of drug-likeness (QED) is 0.745. The summed E-state index contributed by atoms with van der Waals surface area (Å²) in [5.74, 6) is -0.205. The number of aldehydes is 1. The van der Waals surface area contributed by atoms with Gasteiger partial charge in [-0.15, -0.1) is 0 Å². The van der Waals surface area contributed by atoms with Crippen molar-refractivity contribution in [1.29, 1.82) is 0 Å². The van der Waals surface area contributed by atoms with Crippen molar-refractivity contribution in [3.05, 3.63) is 35.4 Å². The van der Waals surface area contributed by atoms with Crippen LogP contribution in [-0.2, 0) is 4.79 Å². The molecule has 0 aromatic heterocycles. The van der Waals surface area contributed by atoms with Gasteiger partial charge in [-0.05, 0) is 25.5 Å². The molecule has 0 fully saturated rings. The van der Waals surface area contributed by atoms with Crippen molar-refractivity contribution in [2.24, 2.45) is 11.7 Å². The van der Waals surface area contributed by atoms with E-state index in [-0.39, 0.29) is 17.9 Å². The SMILES string of the molecule is Cc1cccc(C(=O)NCC(N)CC(C)C=O)c1. The number of aryl methyl sites for hydroxylation is 1. The van der Waals surface area contributed by atoms with Gasteiger partial charge >= 0.3 is 0 Å². The predicted molar refractivity (Wildman–Crippen MR) is 71.3 cm³/mol. The van der Waals surface area contributed by atoms with E-state index in [4.69, 9.17) is 5.73 Å². The fraction of sp³-hybridized carbons (Fsp3) is 0.429. The smallest absolute Gasteiger partial charge is 0.251 e. The Labute approximate surface area is 108 Å². The normalized spacial score (nSPS) is 13.7. The molecule has 0 radical (unpaired) electrons. The summed E-state index contributed by atoms with van der Waals surface area (Å²) in [6.07, 6.45) is 1.46. The predicted octanol–water partition coefficient (Wildman–Crippen LogP) is 1.28. The van der Waals surface area contributed by atoms with Crippen LogP contribution in [0.25, 0.3) is 0 Å². The summed E-state index contributed by atoms with van der Waals surface area (Å²) in [6.45, 7) is 4.13. The molecule has 3 N–H and O–H groups in total. The number of nitrogens with two attached hydrogens (primary N) is 1. The maximum atomic E-state index is 11.8. The molecule has 2 atom stereocenters. The second-order valence-electron chi connectivity index (χ2n) is 4.69. The summed E-state index contributed by atoms with van der Waals surface area (Å²) in [7, 11) is 0. The van der Waals surface area contributed by atoms with Crippen molar-refractivity contribution in [1.82, 2.24) is 5.32 Å². The number of hydrogen-bond donors (Lipinski definition) is 2. The van der Waals surface area contributed by atoms with Gasteiger partial charge in [0.25, 0.3) is 5.91 Å². The minimum Gasteiger partial charge on any atom is -0.350 e. The monoisotopic (exact) mass is 248 g/mol. The van der Waals surface area contributed by atoms with Gasteiger partial charge < -0.3 is 15.8 Å². The number of amides is 1. The first kappa shape index (κ1) is 14.4. The Hall–Kier alpha value is -1.68. The lowest BCUT2D eigenvalue weighted by molar-refractivity contribution is -0.110. The van der Waals surface area contributed by atoms with E-state index in [1.165, 1.54) is 0 Å². The van der Waals surface area contributed by atoms with Crippen LogP contribution >= 0.6 is 0 Å². The summed E-state index contributed by atoms with van der Waals surface area (Å²) in [5, 5.41) is 2.78. The van der Waals surface area contributed by atoms with Crippen LogP contribution < -0.4 is 11.1 Å². The van der Waals surface area contributed by atoms with Crippen molar-refractivity contribution in [2.45, 2.75) is 26.3 Å². The van der Waals surface area contributed by atoms with Crippen LogP contribution in [-0.4, -0.2) is 24.8 Å². The fourth-order valence-corrected chi connectivity index (χ4v) is 1.73. The molecular formula is C14H20N2O2. The highest BCUT2D eigenvalue weighted by atomic mass is 16.1. The number of benzene rings is 1. The maximum Gasteiger partial charge on any atom is 0.251 e. The Kier molecular flexibility index (Phi) is 5.52. The molecule has 4 heteroatoms. The summed E-state index contributed by atoms with van der Waals surface area (Å²) in [6, 6.07) is 7.18. The molecule has 0 aliphatic rings. The van der Waals surface area contributed by atoms with Gasteiger partial charge in [0.1, 0.15) is 6.29 Å². The van der Waals surface area contributed by atoms with Crippen LogP contribution in [0.15, 0.2) is 24.3 Å². The molecule has 0 bridgehead atoms. The minimum atomic E-state index is -0.195. The molecule has 1 aromatic rings. The molecule has 1 rings (SSSR count).